The molecule has 0 fully saturated rings. The van der Waals surface area contributed by atoms with Crippen molar-refractivity contribution in [3.63, 3.8) is 0 Å². The predicted octanol–water partition coefficient (Wildman–Crippen LogP) is 3.61. The molecule has 3 nitrogen and oxygen atoms in total. The van der Waals surface area contributed by atoms with Crippen LogP contribution in [0.25, 0.3) is 0 Å². The molecule has 0 aliphatic carbocycles. The smallest absolute Gasteiger partial charge is 0.227 e. The Morgan fingerprint density at radius 2 is 2.16 bits per heavy atom. The first-order chi connectivity index (χ1) is 9.20. The van der Waals surface area contributed by atoms with Crippen molar-refractivity contribution in [2.24, 2.45) is 0 Å². The third-order valence-electron chi connectivity index (χ3n) is 2.89. The predicted molar refractivity (Wildman–Crippen MR) is 78.4 cm³/mol. The van der Waals surface area contributed by atoms with Crippen molar-refractivity contribution in [3.8, 4) is 0 Å². The normalized spacial score (nSPS) is 12.1. The summed E-state index contributed by atoms with van der Waals surface area (Å²) in [6.45, 7) is 2.49. The van der Waals surface area contributed by atoms with Crippen LogP contribution < -0.4 is 5.32 Å². The van der Waals surface area contributed by atoms with Gasteiger partial charge in [-0.25, -0.2) is 4.98 Å². The van der Waals surface area contributed by atoms with Crippen molar-refractivity contribution >= 4 is 28.8 Å². The zero-order valence-corrected chi connectivity index (χ0v) is 12.2. The number of hydrogen-bond acceptors (Lipinski definition) is 3. The number of carbonyl (C=O) groups excluding carboxylic acids is 1. The third-order valence-corrected chi connectivity index (χ3v) is 4.00. The second kappa shape index (κ2) is 6.68. The largest absolute Gasteiger partial charge is 0.351 e. The van der Waals surface area contributed by atoms with Gasteiger partial charge in [0.1, 0.15) is 0 Å². The van der Waals surface area contributed by atoms with Crippen LogP contribution in [0.15, 0.2) is 36.5 Å². The van der Waals surface area contributed by atoms with Crippen LogP contribution in [0.4, 0.5) is 0 Å². The highest BCUT2D eigenvalue weighted by Crippen LogP contribution is 2.21. The molecular weight excluding hydrogens is 280 g/mol. The van der Waals surface area contributed by atoms with Crippen LogP contribution in [-0.2, 0) is 11.3 Å². The maximum Gasteiger partial charge on any atom is 0.227 e. The molecule has 0 aliphatic heterocycles. The average Bonchev–Trinajstić information content (AvgIpc) is 2.84. The molecule has 0 aliphatic rings. The first-order valence-corrected chi connectivity index (χ1v) is 7.33. The summed E-state index contributed by atoms with van der Waals surface area (Å²) in [6.07, 6.45) is 2.47. The van der Waals surface area contributed by atoms with E-state index in [1.807, 2.05) is 37.3 Å². The number of carbonyl (C=O) groups is 1. The van der Waals surface area contributed by atoms with Gasteiger partial charge in [0.2, 0.25) is 5.91 Å². The molecule has 1 aromatic heterocycles. The van der Waals surface area contributed by atoms with E-state index in [1.54, 1.807) is 6.20 Å². The number of thiazole rings is 1. The molecule has 2 aromatic rings. The van der Waals surface area contributed by atoms with Crippen molar-refractivity contribution in [1.82, 2.24) is 10.3 Å². The summed E-state index contributed by atoms with van der Waals surface area (Å²) >= 11 is 7.14. The van der Waals surface area contributed by atoms with E-state index in [4.69, 9.17) is 11.6 Å². The van der Waals surface area contributed by atoms with Crippen molar-refractivity contribution in [3.05, 3.63) is 51.4 Å². The molecule has 1 N–H and O–H groups in total. The summed E-state index contributed by atoms with van der Waals surface area (Å²) in [6, 6.07) is 9.82. The van der Waals surface area contributed by atoms with Gasteiger partial charge in [0, 0.05) is 11.1 Å². The van der Waals surface area contributed by atoms with Gasteiger partial charge in [-0.2, -0.15) is 0 Å². The van der Waals surface area contributed by atoms with E-state index in [0.717, 1.165) is 16.9 Å². The Hall–Kier alpha value is -1.39. The molecule has 100 valence electrons. The molecular formula is C14H15ClN2OS. The zero-order valence-electron chi connectivity index (χ0n) is 10.6. The van der Waals surface area contributed by atoms with E-state index in [2.05, 4.69) is 10.3 Å². The zero-order chi connectivity index (χ0) is 13.7. The highest BCUT2D eigenvalue weighted by Gasteiger charge is 2.18. The van der Waals surface area contributed by atoms with E-state index < -0.39 is 0 Å². The minimum absolute atomic E-state index is 0.0400. The molecule has 0 unspecified atom stereocenters. The molecule has 19 heavy (non-hydrogen) atoms. The lowest BCUT2D eigenvalue weighted by Gasteiger charge is -2.14. The van der Waals surface area contributed by atoms with Gasteiger partial charge in [-0.15, -0.1) is 11.3 Å². The van der Waals surface area contributed by atoms with Crippen LogP contribution in [0.2, 0.25) is 4.47 Å². The van der Waals surface area contributed by atoms with E-state index in [-0.39, 0.29) is 11.8 Å². The van der Waals surface area contributed by atoms with Crippen molar-refractivity contribution in [1.29, 1.82) is 0 Å². The Morgan fingerprint density at radius 3 is 2.74 bits per heavy atom. The first kappa shape index (κ1) is 14.0. The second-order valence-electron chi connectivity index (χ2n) is 4.17. The molecule has 2 rings (SSSR count). The average molecular weight is 295 g/mol. The highest BCUT2D eigenvalue weighted by atomic mass is 35.5. The van der Waals surface area contributed by atoms with E-state index in [0.29, 0.717) is 11.0 Å². The second-order valence-corrected chi connectivity index (χ2v) is 5.87. The number of nitrogens with zero attached hydrogens (tertiary/aromatic N) is 1. The molecule has 1 amide bonds. The third kappa shape index (κ3) is 3.78. The number of nitrogens with one attached hydrogen (secondary N) is 1. The molecule has 1 heterocycles. The van der Waals surface area contributed by atoms with Crippen LogP contribution in [0.3, 0.4) is 0 Å². The lowest BCUT2D eigenvalue weighted by Crippen LogP contribution is -2.28. The first-order valence-electron chi connectivity index (χ1n) is 6.13. The summed E-state index contributed by atoms with van der Waals surface area (Å²) < 4.78 is 0.499. The van der Waals surface area contributed by atoms with Crippen LogP contribution in [0, 0.1) is 0 Å². The van der Waals surface area contributed by atoms with Crippen molar-refractivity contribution in [2.75, 3.05) is 0 Å². The lowest BCUT2D eigenvalue weighted by atomic mass is 9.96. The van der Waals surface area contributed by atoms with E-state index >= 15 is 0 Å². The summed E-state index contributed by atoms with van der Waals surface area (Å²) in [5, 5.41) is 2.93. The molecule has 1 atom stereocenters. The number of halogens is 1. The fourth-order valence-electron chi connectivity index (χ4n) is 1.92. The van der Waals surface area contributed by atoms with E-state index in [1.165, 1.54) is 11.3 Å². The van der Waals surface area contributed by atoms with Gasteiger partial charge < -0.3 is 5.32 Å². The van der Waals surface area contributed by atoms with Crippen LogP contribution >= 0.6 is 22.9 Å². The number of benzene rings is 1. The number of aromatic nitrogens is 1. The van der Waals surface area contributed by atoms with Gasteiger partial charge in [0.25, 0.3) is 0 Å². The Kier molecular flexibility index (Phi) is 4.93. The number of rotatable bonds is 5. The Morgan fingerprint density at radius 1 is 1.42 bits per heavy atom. The maximum atomic E-state index is 12.2. The Labute approximate surface area is 121 Å². The molecule has 1 aromatic carbocycles. The van der Waals surface area contributed by atoms with Crippen LogP contribution in [-0.4, -0.2) is 10.9 Å². The van der Waals surface area contributed by atoms with Crippen LogP contribution in [0.5, 0.6) is 0 Å². The monoisotopic (exact) mass is 294 g/mol. The summed E-state index contributed by atoms with van der Waals surface area (Å²) in [4.78, 5) is 17.1. The number of hydrogen-bond donors (Lipinski definition) is 1. The molecule has 0 saturated heterocycles. The van der Waals surface area contributed by atoms with Crippen LogP contribution in [0.1, 0.15) is 29.7 Å². The van der Waals surface area contributed by atoms with Gasteiger partial charge >= 0.3 is 0 Å². The van der Waals surface area contributed by atoms with Gasteiger partial charge in [-0.1, -0.05) is 48.9 Å². The fourth-order valence-corrected chi connectivity index (χ4v) is 2.84. The molecule has 0 radical (unpaired) electrons. The Bertz CT molecular complexity index is 541. The van der Waals surface area contributed by atoms with Gasteiger partial charge in [-0.05, 0) is 12.0 Å². The van der Waals surface area contributed by atoms with Gasteiger partial charge in [-0.3, -0.25) is 4.79 Å². The maximum absolute atomic E-state index is 12.2. The van der Waals surface area contributed by atoms with Crippen molar-refractivity contribution in [2.45, 2.75) is 25.8 Å². The topological polar surface area (TPSA) is 42.0 Å². The highest BCUT2D eigenvalue weighted by molar-refractivity contribution is 7.15. The van der Waals surface area contributed by atoms with Gasteiger partial charge in [0.15, 0.2) is 4.47 Å². The van der Waals surface area contributed by atoms with E-state index in [9.17, 15) is 4.79 Å². The van der Waals surface area contributed by atoms with Gasteiger partial charge in [0.05, 0.1) is 12.5 Å². The fraction of sp³-hybridized carbons (Fsp3) is 0.286. The minimum atomic E-state index is -0.107. The Balaban J connectivity index is 1.98. The molecule has 0 bridgehead atoms. The SMILES string of the molecule is CC[C@@H](C(=O)NCc1cnc(Cl)s1)c1ccccc1. The molecule has 0 spiro atoms. The molecule has 0 saturated carbocycles. The summed E-state index contributed by atoms with van der Waals surface area (Å²) in [5.41, 5.74) is 1.05. The summed E-state index contributed by atoms with van der Waals surface area (Å²) in [7, 11) is 0. The summed E-state index contributed by atoms with van der Waals surface area (Å²) in [5.74, 6) is -0.0668. The standard InChI is InChI=1S/C14H15ClN2OS/c1-2-12(10-6-4-3-5-7-10)13(18)16-8-11-9-17-14(15)19-11/h3-7,9,12H,2,8H2,1H3,(H,16,18)/t12-/m1/s1. The van der Waals surface area contributed by atoms with Crippen molar-refractivity contribution < 1.29 is 4.79 Å². The number of amides is 1. The quantitative estimate of drug-likeness (QED) is 0.915. The minimum Gasteiger partial charge on any atom is -0.351 e. The molecule has 5 heteroatoms. The lowest BCUT2D eigenvalue weighted by molar-refractivity contribution is -0.122.